The van der Waals surface area contributed by atoms with Crippen LogP contribution in [0.25, 0.3) is 0 Å². The zero-order valence-corrected chi connectivity index (χ0v) is 17.5. The topological polar surface area (TPSA) is 47.9 Å². The van der Waals surface area contributed by atoms with Gasteiger partial charge in [0.05, 0.1) is 0 Å². The standard InChI is InChI=1S/C21H45NO.ClH/c1-3-5-6-7-8-9-10-11-12-13-14-15-16-17-18-19-21(23)20(22)4-2;/h20-21,23H,3-19,22H2,1-2H3;1H/t20-,21+;/m0./s1. The minimum atomic E-state index is -0.179. The SMILES string of the molecule is CCCCCCCCCCCCCCCCC[C@@H](O)[C@@H]([NH3+])CC.[Cl-]. The van der Waals surface area contributed by atoms with E-state index >= 15 is 0 Å². The summed E-state index contributed by atoms with van der Waals surface area (Å²) in [4.78, 5) is 0. The monoisotopic (exact) mass is 363 g/mol. The molecular weight excluding hydrogens is 318 g/mol. The summed E-state index contributed by atoms with van der Waals surface area (Å²) in [6, 6.07) is 0.224. The fourth-order valence-corrected chi connectivity index (χ4v) is 3.23. The Hall–Kier alpha value is 0.210. The van der Waals surface area contributed by atoms with Gasteiger partial charge in [-0.3, -0.25) is 0 Å². The summed E-state index contributed by atoms with van der Waals surface area (Å²) in [6.45, 7) is 4.39. The predicted octanol–water partition coefficient (Wildman–Crippen LogP) is 2.63. The molecule has 0 amide bonds. The Morgan fingerprint density at radius 3 is 1.29 bits per heavy atom. The van der Waals surface area contributed by atoms with Gasteiger partial charge in [-0.1, -0.05) is 110 Å². The summed E-state index contributed by atoms with van der Waals surface area (Å²) in [5.74, 6) is 0. The number of quaternary nitrogens is 1. The van der Waals surface area contributed by atoms with Crippen LogP contribution in [0.5, 0.6) is 0 Å². The second-order valence-electron chi connectivity index (χ2n) is 7.47. The van der Waals surface area contributed by atoms with Gasteiger partial charge in [0.15, 0.2) is 0 Å². The lowest BCUT2D eigenvalue weighted by Gasteiger charge is -2.13. The molecule has 0 aliphatic heterocycles. The zero-order chi connectivity index (χ0) is 17.2. The lowest BCUT2D eigenvalue weighted by Crippen LogP contribution is -3.00. The van der Waals surface area contributed by atoms with Gasteiger partial charge in [0, 0.05) is 0 Å². The van der Waals surface area contributed by atoms with Crippen LogP contribution in [-0.2, 0) is 0 Å². The molecule has 2 atom stereocenters. The van der Waals surface area contributed by atoms with Crippen LogP contribution >= 0.6 is 0 Å². The average molecular weight is 364 g/mol. The highest BCUT2D eigenvalue weighted by Crippen LogP contribution is 2.14. The normalized spacial score (nSPS) is 13.5. The largest absolute Gasteiger partial charge is 1.00 e. The van der Waals surface area contributed by atoms with E-state index in [1.807, 2.05) is 0 Å². The molecule has 0 fully saturated rings. The van der Waals surface area contributed by atoms with Gasteiger partial charge in [0.1, 0.15) is 12.1 Å². The molecule has 0 aliphatic carbocycles. The van der Waals surface area contributed by atoms with Gasteiger partial charge in [0.25, 0.3) is 0 Å². The number of aliphatic hydroxyl groups excluding tert-OH is 1. The smallest absolute Gasteiger partial charge is 0.110 e. The van der Waals surface area contributed by atoms with Crippen LogP contribution in [-0.4, -0.2) is 17.3 Å². The van der Waals surface area contributed by atoms with Crippen LogP contribution in [0.15, 0.2) is 0 Å². The molecular formula is C21H46ClNO. The third-order valence-electron chi connectivity index (χ3n) is 5.17. The van der Waals surface area contributed by atoms with Gasteiger partial charge < -0.3 is 23.2 Å². The van der Waals surface area contributed by atoms with Crippen molar-refractivity contribution in [3.63, 3.8) is 0 Å². The van der Waals surface area contributed by atoms with Gasteiger partial charge >= 0.3 is 0 Å². The van der Waals surface area contributed by atoms with E-state index in [9.17, 15) is 5.11 Å². The first kappa shape index (κ1) is 26.4. The molecule has 0 saturated carbocycles. The maximum atomic E-state index is 9.86. The fraction of sp³-hybridized carbons (Fsp3) is 1.00. The highest BCUT2D eigenvalue weighted by atomic mass is 35.5. The quantitative estimate of drug-likeness (QED) is 0.361. The van der Waals surface area contributed by atoms with Crippen LogP contribution in [0.3, 0.4) is 0 Å². The molecule has 0 rings (SSSR count). The summed E-state index contributed by atoms with van der Waals surface area (Å²) in [7, 11) is 0. The summed E-state index contributed by atoms with van der Waals surface area (Å²) in [5, 5.41) is 9.86. The summed E-state index contributed by atoms with van der Waals surface area (Å²) < 4.78 is 0. The molecule has 0 bridgehead atoms. The summed E-state index contributed by atoms with van der Waals surface area (Å²) in [6.07, 6.45) is 22.7. The maximum Gasteiger partial charge on any atom is 0.110 e. The van der Waals surface area contributed by atoms with Gasteiger partial charge in [-0.15, -0.1) is 0 Å². The van der Waals surface area contributed by atoms with Gasteiger partial charge in [-0.05, 0) is 12.8 Å². The van der Waals surface area contributed by atoms with Crippen molar-refractivity contribution >= 4 is 0 Å². The third kappa shape index (κ3) is 18.5. The van der Waals surface area contributed by atoms with Crippen molar-refractivity contribution in [3.8, 4) is 0 Å². The Morgan fingerprint density at radius 2 is 0.958 bits per heavy atom. The van der Waals surface area contributed by atoms with Crippen LogP contribution in [0, 0.1) is 0 Å². The minimum absolute atomic E-state index is 0. The molecule has 0 aromatic rings. The van der Waals surface area contributed by atoms with E-state index in [1.165, 1.54) is 96.3 Å². The van der Waals surface area contributed by atoms with Crippen LogP contribution in [0.4, 0.5) is 0 Å². The van der Waals surface area contributed by atoms with Crippen molar-refractivity contribution in [1.29, 1.82) is 0 Å². The van der Waals surface area contributed by atoms with Crippen molar-refractivity contribution < 1.29 is 23.2 Å². The van der Waals surface area contributed by atoms with Crippen molar-refractivity contribution in [1.82, 2.24) is 0 Å². The molecule has 2 nitrogen and oxygen atoms in total. The predicted molar refractivity (Wildman–Crippen MR) is 103 cm³/mol. The van der Waals surface area contributed by atoms with Crippen molar-refractivity contribution in [3.05, 3.63) is 0 Å². The highest BCUT2D eigenvalue weighted by molar-refractivity contribution is 4.63. The van der Waals surface area contributed by atoms with E-state index in [-0.39, 0.29) is 24.6 Å². The van der Waals surface area contributed by atoms with E-state index in [2.05, 4.69) is 19.6 Å². The van der Waals surface area contributed by atoms with Crippen LogP contribution in [0.1, 0.15) is 123 Å². The molecule has 24 heavy (non-hydrogen) atoms. The molecule has 0 radical (unpaired) electrons. The number of unbranched alkanes of at least 4 members (excludes halogenated alkanes) is 14. The van der Waals surface area contributed by atoms with Crippen molar-refractivity contribution in [2.45, 2.75) is 135 Å². The maximum absolute atomic E-state index is 9.86. The Morgan fingerprint density at radius 1 is 0.625 bits per heavy atom. The van der Waals surface area contributed by atoms with Gasteiger partial charge in [0.2, 0.25) is 0 Å². The molecule has 0 heterocycles. The summed E-state index contributed by atoms with van der Waals surface area (Å²) >= 11 is 0. The lowest BCUT2D eigenvalue weighted by molar-refractivity contribution is -0.438. The van der Waals surface area contributed by atoms with Crippen LogP contribution in [0.2, 0.25) is 0 Å². The van der Waals surface area contributed by atoms with Gasteiger partial charge in [-0.25, -0.2) is 0 Å². The second kappa shape index (κ2) is 21.3. The first-order valence-corrected chi connectivity index (χ1v) is 10.7. The Bertz CT molecular complexity index is 226. The number of aliphatic hydroxyl groups is 1. The Kier molecular flexibility index (Phi) is 23.4. The van der Waals surface area contributed by atoms with E-state index < -0.39 is 0 Å². The average Bonchev–Trinajstić information content (AvgIpc) is 2.57. The number of hydrogen-bond donors (Lipinski definition) is 2. The highest BCUT2D eigenvalue weighted by Gasteiger charge is 2.14. The molecule has 4 N–H and O–H groups in total. The van der Waals surface area contributed by atoms with Crippen LogP contribution < -0.4 is 18.1 Å². The number of rotatable bonds is 18. The fourth-order valence-electron chi connectivity index (χ4n) is 3.23. The third-order valence-corrected chi connectivity index (χ3v) is 5.17. The number of hydrogen-bond acceptors (Lipinski definition) is 1. The first-order valence-electron chi connectivity index (χ1n) is 10.7. The van der Waals surface area contributed by atoms with E-state index in [1.54, 1.807) is 0 Å². The lowest BCUT2D eigenvalue weighted by atomic mass is 10.0. The zero-order valence-electron chi connectivity index (χ0n) is 16.7. The molecule has 3 heteroatoms. The summed E-state index contributed by atoms with van der Waals surface area (Å²) in [5.41, 5.74) is 3.99. The molecule has 0 aromatic carbocycles. The van der Waals surface area contributed by atoms with E-state index in [4.69, 9.17) is 0 Å². The molecule has 0 aliphatic rings. The minimum Gasteiger partial charge on any atom is -1.00 e. The molecule has 0 unspecified atom stereocenters. The molecule has 0 spiro atoms. The molecule has 148 valence electrons. The molecule has 0 aromatic heterocycles. The Balaban J connectivity index is 0. The Labute approximate surface area is 158 Å². The first-order chi connectivity index (χ1) is 11.2. The van der Waals surface area contributed by atoms with E-state index in [0.717, 1.165) is 12.8 Å². The molecule has 0 saturated heterocycles. The van der Waals surface area contributed by atoms with Crippen molar-refractivity contribution in [2.75, 3.05) is 0 Å². The van der Waals surface area contributed by atoms with Crippen molar-refractivity contribution in [2.24, 2.45) is 0 Å². The van der Waals surface area contributed by atoms with E-state index in [0.29, 0.717) is 0 Å². The second-order valence-corrected chi connectivity index (χ2v) is 7.47. The number of halogens is 1. The van der Waals surface area contributed by atoms with Gasteiger partial charge in [-0.2, -0.15) is 0 Å².